The third-order valence-corrected chi connectivity index (χ3v) is 10.2. The van der Waals surface area contributed by atoms with Crippen LogP contribution in [-0.2, 0) is 16.1 Å². The minimum absolute atomic E-state index is 0.0221. The molecule has 0 spiro atoms. The molecule has 224 valence electrons. The number of aryl methyl sites for hydroxylation is 1. The standard InChI is InChI=1S/C35H31ClN2O4S2/c1-22-15-23(17-24(16-22)19-33-38(14-12-35(41)42)29-21-27(36)8-10-30(29)43-33)18-32-37(13-11-34(39)40)28-9-7-26(20-31(28)44-32)25-5-3-2-4-6-25/h2-10,17-22H,11-16H2,1H3,(H-,39,40,41,42). The summed E-state index contributed by atoms with van der Waals surface area (Å²) in [5, 5.41) is 23.4. The highest BCUT2D eigenvalue weighted by Gasteiger charge is 2.27. The quantitative estimate of drug-likeness (QED) is 0.193. The summed E-state index contributed by atoms with van der Waals surface area (Å²) in [6.07, 6.45) is 8.35. The maximum Gasteiger partial charge on any atom is 0.305 e. The molecular weight excluding hydrogens is 612 g/mol. The van der Waals surface area contributed by atoms with Gasteiger partial charge >= 0.3 is 5.97 Å². The summed E-state index contributed by atoms with van der Waals surface area (Å²) >= 11 is 9.59. The normalized spacial score (nSPS) is 18.2. The van der Waals surface area contributed by atoms with Crippen molar-refractivity contribution >= 4 is 68.6 Å². The predicted octanol–water partition coefficient (Wildman–Crippen LogP) is 7.32. The summed E-state index contributed by atoms with van der Waals surface area (Å²) in [6, 6.07) is 22.3. The van der Waals surface area contributed by atoms with Gasteiger partial charge in [0.2, 0.25) is 5.52 Å². The van der Waals surface area contributed by atoms with Gasteiger partial charge in [-0.3, -0.25) is 4.79 Å². The molecule has 4 aromatic rings. The van der Waals surface area contributed by atoms with Crippen molar-refractivity contribution in [2.45, 2.75) is 44.0 Å². The average Bonchev–Trinajstić information content (AvgIpc) is 3.50. The topological polar surface area (TPSA) is 84.6 Å². The van der Waals surface area contributed by atoms with Gasteiger partial charge in [0.15, 0.2) is 6.54 Å². The van der Waals surface area contributed by atoms with E-state index >= 15 is 0 Å². The van der Waals surface area contributed by atoms with Gasteiger partial charge in [0.1, 0.15) is 4.70 Å². The average molecular weight is 643 g/mol. The van der Waals surface area contributed by atoms with E-state index in [4.69, 9.17) is 11.6 Å². The monoisotopic (exact) mass is 642 g/mol. The van der Waals surface area contributed by atoms with Gasteiger partial charge in [0.05, 0.1) is 17.1 Å². The lowest BCUT2D eigenvalue weighted by Gasteiger charge is -2.23. The van der Waals surface area contributed by atoms with Crippen LogP contribution in [0.15, 0.2) is 100.0 Å². The molecular formula is C35H31ClN2O4S2. The molecule has 6 rings (SSSR count). The van der Waals surface area contributed by atoms with Crippen LogP contribution in [-0.4, -0.2) is 23.6 Å². The lowest BCUT2D eigenvalue weighted by atomic mass is 9.87. The van der Waals surface area contributed by atoms with Crippen LogP contribution >= 0.6 is 34.7 Å². The first kappa shape index (κ1) is 30.2. The van der Waals surface area contributed by atoms with Crippen molar-refractivity contribution in [3.8, 4) is 11.1 Å². The number of carbonyl (C=O) groups excluding carboxylic acids is 1. The fourth-order valence-electron chi connectivity index (χ4n) is 5.83. The Hall–Kier alpha value is -3.85. The number of halogens is 1. The van der Waals surface area contributed by atoms with Gasteiger partial charge in [0.25, 0.3) is 5.01 Å². The van der Waals surface area contributed by atoms with Crippen molar-refractivity contribution in [2.24, 2.45) is 5.92 Å². The number of thioether (sulfide) groups is 1. The number of anilines is 1. The van der Waals surface area contributed by atoms with Crippen LogP contribution in [0.1, 0.15) is 37.6 Å². The third kappa shape index (κ3) is 6.78. The van der Waals surface area contributed by atoms with Crippen LogP contribution in [0.2, 0.25) is 5.02 Å². The zero-order valence-corrected chi connectivity index (χ0v) is 26.6. The molecule has 0 fully saturated rings. The number of carbonyl (C=O) groups is 2. The molecule has 0 saturated heterocycles. The second-order valence-electron chi connectivity index (χ2n) is 11.2. The van der Waals surface area contributed by atoms with Crippen LogP contribution in [0.3, 0.4) is 0 Å². The fourth-order valence-corrected chi connectivity index (χ4v) is 8.34. The molecule has 6 nitrogen and oxygen atoms in total. The number of hydrogen-bond donors (Lipinski definition) is 1. The summed E-state index contributed by atoms with van der Waals surface area (Å²) < 4.78 is 3.18. The van der Waals surface area contributed by atoms with Crippen molar-refractivity contribution in [1.29, 1.82) is 0 Å². The smallest absolute Gasteiger partial charge is 0.305 e. The summed E-state index contributed by atoms with van der Waals surface area (Å²) in [6.45, 7) is 2.93. The molecule has 1 unspecified atom stereocenters. The maximum absolute atomic E-state index is 11.4. The van der Waals surface area contributed by atoms with Crippen LogP contribution in [0.5, 0.6) is 0 Å². The molecule has 2 aliphatic rings. The molecule has 1 atom stereocenters. The fraction of sp³-hybridized carbons (Fsp3) is 0.229. The number of carboxylic acid groups (broad SMARTS) is 2. The van der Waals surface area contributed by atoms with E-state index in [9.17, 15) is 19.8 Å². The summed E-state index contributed by atoms with van der Waals surface area (Å²) in [5.41, 5.74) is 6.54. The SMILES string of the molecule is CC1CC(/C=C2\Sc3ccc(Cl)cc3N2CCC(=O)O)=CC(=C/c2sc3cc(-c4ccccc4)ccc3[n+]2CCC(=O)[O-])/C1. The molecule has 9 heteroatoms. The number of rotatable bonds is 9. The number of aliphatic carboxylic acids is 2. The first-order valence-corrected chi connectivity index (χ1v) is 16.6. The van der Waals surface area contributed by atoms with E-state index in [2.05, 4.69) is 60.1 Å². The minimum Gasteiger partial charge on any atom is -0.550 e. The Morgan fingerprint density at radius 3 is 2.64 bits per heavy atom. The number of aromatic nitrogens is 1. The Kier molecular flexibility index (Phi) is 8.93. The van der Waals surface area contributed by atoms with E-state index in [1.165, 1.54) is 11.1 Å². The van der Waals surface area contributed by atoms with Gasteiger partial charge < -0.3 is 19.9 Å². The minimum atomic E-state index is -1.07. The molecule has 1 aliphatic carbocycles. The second-order valence-corrected chi connectivity index (χ2v) is 13.8. The number of benzene rings is 3. The van der Waals surface area contributed by atoms with Gasteiger partial charge in [-0.05, 0) is 77.4 Å². The van der Waals surface area contributed by atoms with Gasteiger partial charge in [-0.2, -0.15) is 4.57 Å². The highest BCUT2D eigenvalue weighted by molar-refractivity contribution is 8.03. The van der Waals surface area contributed by atoms with Crippen molar-refractivity contribution in [3.63, 3.8) is 0 Å². The van der Waals surface area contributed by atoms with E-state index < -0.39 is 11.9 Å². The first-order chi connectivity index (χ1) is 21.2. The van der Waals surface area contributed by atoms with Crippen molar-refractivity contribution in [2.75, 3.05) is 11.4 Å². The molecule has 1 aliphatic heterocycles. The zero-order valence-electron chi connectivity index (χ0n) is 24.2. The zero-order chi connectivity index (χ0) is 30.8. The third-order valence-electron chi connectivity index (χ3n) is 7.78. The number of nitrogens with zero attached hydrogens (tertiary/aromatic N) is 2. The molecule has 0 amide bonds. The molecule has 1 N–H and O–H groups in total. The van der Waals surface area contributed by atoms with Gasteiger partial charge in [0, 0.05) is 41.0 Å². The Labute approximate surface area is 269 Å². The van der Waals surface area contributed by atoms with Gasteiger partial charge in [-0.1, -0.05) is 78.0 Å². The Bertz CT molecular complexity index is 1840. The lowest BCUT2D eigenvalue weighted by Crippen LogP contribution is -2.38. The number of fused-ring (bicyclic) bond motifs is 2. The summed E-state index contributed by atoms with van der Waals surface area (Å²) in [4.78, 5) is 26.0. The van der Waals surface area contributed by atoms with Crippen LogP contribution in [0.25, 0.3) is 27.4 Å². The summed E-state index contributed by atoms with van der Waals surface area (Å²) in [5.74, 6) is -1.50. The number of thiazole rings is 1. The highest BCUT2D eigenvalue weighted by atomic mass is 35.5. The van der Waals surface area contributed by atoms with Crippen molar-refractivity contribution in [3.05, 3.63) is 105 Å². The molecule has 0 saturated carbocycles. The Morgan fingerprint density at radius 1 is 1.05 bits per heavy atom. The molecule has 3 aromatic carbocycles. The maximum atomic E-state index is 11.4. The van der Waals surface area contributed by atoms with Crippen LogP contribution in [0.4, 0.5) is 5.69 Å². The van der Waals surface area contributed by atoms with Crippen molar-refractivity contribution < 1.29 is 24.4 Å². The van der Waals surface area contributed by atoms with Gasteiger partial charge in [-0.15, -0.1) is 0 Å². The van der Waals surface area contributed by atoms with E-state index in [1.807, 2.05) is 41.3 Å². The van der Waals surface area contributed by atoms with E-state index in [-0.39, 0.29) is 12.8 Å². The number of carboxylic acids is 2. The molecule has 0 radical (unpaired) electrons. The Morgan fingerprint density at radius 2 is 1.86 bits per heavy atom. The number of allylic oxidation sites excluding steroid dienone is 4. The van der Waals surface area contributed by atoms with Crippen LogP contribution in [0, 0.1) is 5.92 Å². The molecule has 0 bridgehead atoms. The predicted molar refractivity (Wildman–Crippen MR) is 177 cm³/mol. The van der Waals surface area contributed by atoms with Gasteiger partial charge in [-0.25, -0.2) is 0 Å². The van der Waals surface area contributed by atoms with Crippen molar-refractivity contribution in [1.82, 2.24) is 0 Å². The first-order valence-electron chi connectivity index (χ1n) is 14.5. The molecule has 1 aromatic heterocycles. The second kappa shape index (κ2) is 13.0. The van der Waals surface area contributed by atoms with E-state index in [0.29, 0.717) is 24.0 Å². The van der Waals surface area contributed by atoms with Crippen LogP contribution < -0.4 is 14.6 Å². The largest absolute Gasteiger partial charge is 0.550 e. The molecule has 2 heterocycles. The van der Waals surface area contributed by atoms with E-state index in [1.54, 1.807) is 23.1 Å². The Balaban J connectivity index is 1.37. The van der Waals surface area contributed by atoms with E-state index in [0.717, 1.165) is 54.8 Å². The summed E-state index contributed by atoms with van der Waals surface area (Å²) in [7, 11) is 0. The molecule has 44 heavy (non-hydrogen) atoms. The lowest BCUT2D eigenvalue weighted by molar-refractivity contribution is -0.668. The number of hydrogen-bond acceptors (Lipinski definition) is 6. The highest BCUT2D eigenvalue weighted by Crippen LogP contribution is 2.48.